The Morgan fingerprint density at radius 2 is 1.97 bits per heavy atom. The van der Waals surface area contributed by atoms with Crippen molar-refractivity contribution in [1.29, 1.82) is 0 Å². The highest BCUT2D eigenvalue weighted by Gasteiger charge is 2.37. The van der Waals surface area contributed by atoms with Gasteiger partial charge in [-0.1, -0.05) is 29.8 Å². The third-order valence-electron chi connectivity index (χ3n) is 4.78. The Kier molecular flexibility index (Phi) is 5.49. The zero-order chi connectivity index (χ0) is 21.5. The molecule has 9 heteroatoms. The number of benzene rings is 2. The van der Waals surface area contributed by atoms with Crippen LogP contribution in [0.2, 0.25) is 0 Å². The molecule has 4 nitrogen and oxygen atoms in total. The lowest BCUT2D eigenvalue weighted by molar-refractivity contribution is -0.137. The van der Waals surface area contributed by atoms with Crippen LogP contribution in [0.15, 0.2) is 42.0 Å². The Morgan fingerprint density at radius 1 is 1.28 bits per heavy atom. The number of hydrogen-bond acceptors (Lipinski definition) is 3. The molecule has 0 saturated heterocycles. The van der Waals surface area contributed by atoms with Gasteiger partial charge in [-0.25, -0.2) is 9.18 Å². The van der Waals surface area contributed by atoms with E-state index in [1.54, 1.807) is 0 Å². The molecule has 1 heterocycles. The number of carbonyl (C=O) groups is 1. The Bertz CT molecular complexity index is 1000. The lowest BCUT2D eigenvalue weighted by Crippen LogP contribution is -2.38. The van der Waals surface area contributed by atoms with Gasteiger partial charge in [-0.2, -0.15) is 13.2 Å². The van der Waals surface area contributed by atoms with Crippen LogP contribution in [0.3, 0.4) is 0 Å². The average Bonchev–Trinajstić information content (AvgIpc) is 2.64. The SMILES string of the molecule is COc1c(F)cccc1CN1c2cc(C(F)(F)F)ccc2C(C)=C(C(=O)O)C1Cl. The first-order valence-corrected chi connectivity index (χ1v) is 8.87. The highest BCUT2D eigenvalue weighted by atomic mass is 35.5. The van der Waals surface area contributed by atoms with Gasteiger partial charge in [0.25, 0.3) is 0 Å². The number of carboxylic acid groups (broad SMARTS) is 1. The summed E-state index contributed by atoms with van der Waals surface area (Å²) in [4.78, 5) is 13.0. The Morgan fingerprint density at radius 3 is 2.55 bits per heavy atom. The monoisotopic (exact) mass is 429 g/mol. The summed E-state index contributed by atoms with van der Waals surface area (Å²) in [7, 11) is 1.26. The van der Waals surface area contributed by atoms with Gasteiger partial charge in [-0.3, -0.25) is 0 Å². The average molecular weight is 430 g/mol. The maximum Gasteiger partial charge on any atom is 0.416 e. The normalized spacial score (nSPS) is 16.7. The fourth-order valence-electron chi connectivity index (χ4n) is 3.38. The van der Waals surface area contributed by atoms with Crippen LogP contribution in [-0.2, 0) is 17.5 Å². The number of anilines is 1. The number of hydrogen-bond donors (Lipinski definition) is 1. The molecule has 3 rings (SSSR count). The van der Waals surface area contributed by atoms with Crippen molar-refractivity contribution in [3.05, 3.63) is 64.5 Å². The van der Waals surface area contributed by atoms with E-state index in [0.717, 1.165) is 12.1 Å². The summed E-state index contributed by atoms with van der Waals surface area (Å²) in [5.74, 6) is -2.03. The maximum absolute atomic E-state index is 14.1. The lowest BCUT2D eigenvalue weighted by atomic mass is 9.92. The molecule has 0 aromatic heterocycles. The van der Waals surface area contributed by atoms with E-state index >= 15 is 0 Å². The number of allylic oxidation sites excluding steroid dienone is 1. The number of aliphatic carboxylic acids is 1. The number of para-hydroxylation sites is 1. The minimum absolute atomic E-state index is 0.0898. The van der Waals surface area contributed by atoms with Gasteiger partial charge in [0.2, 0.25) is 0 Å². The van der Waals surface area contributed by atoms with Crippen LogP contribution < -0.4 is 9.64 Å². The number of halogens is 5. The molecular weight excluding hydrogens is 414 g/mol. The molecule has 2 aromatic carbocycles. The van der Waals surface area contributed by atoms with E-state index < -0.39 is 29.0 Å². The smallest absolute Gasteiger partial charge is 0.416 e. The second-order valence-electron chi connectivity index (χ2n) is 6.47. The second-order valence-corrected chi connectivity index (χ2v) is 6.88. The molecule has 1 aliphatic rings. The standard InChI is InChI=1S/C20H16ClF4NO3/c1-10-13-7-6-12(20(23,24)25)8-15(13)26(18(21)16(10)19(27)28)9-11-4-3-5-14(22)17(11)29-2/h3-8,18H,9H2,1-2H3,(H,27,28). The van der Waals surface area contributed by atoms with Crippen molar-refractivity contribution in [3.63, 3.8) is 0 Å². The summed E-state index contributed by atoms with van der Waals surface area (Å²) < 4.78 is 58.9. The van der Waals surface area contributed by atoms with Crippen molar-refractivity contribution in [1.82, 2.24) is 0 Å². The van der Waals surface area contributed by atoms with Crippen molar-refractivity contribution >= 4 is 28.8 Å². The second kappa shape index (κ2) is 7.59. The van der Waals surface area contributed by atoms with Crippen LogP contribution in [-0.4, -0.2) is 23.7 Å². The van der Waals surface area contributed by atoms with Gasteiger partial charge >= 0.3 is 12.1 Å². The molecule has 1 N–H and O–H groups in total. The quantitative estimate of drug-likeness (QED) is 0.407. The highest BCUT2D eigenvalue weighted by Crippen LogP contribution is 2.43. The number of fused-ring (bicyclic) bond motifs is 1. The summed E-state index contributed by atoms with van der Waals surface area (Å²) >= 11 is 6.39. The molecular formula is C20H16ClF4NO3. The molecule has 1 aliphatic heterocycles. The molecule has 0 spiro atoms. The number of ether oxygens (including phenoxy) is 1. The Hall–Kier alpha value is -2.74. The van der Waals surface area contributed by atoms with Crippen LogP contribution in [0.4, 0.5) is 23.2 Å². The van der Waals surface area contributed by atoms with E-state index in [9.17, 15) is 27.5 Å². The number of nitrogens with zero attached hydrogens (tertiary/aromatic N) is 1. The van der Waals surface area contributed by atoms with Crippen LogP contribution in [0, 0.1) is 5.82 Å². The number of methoxy groups -OCH3 is 1. The van der Waals surface area contributed by atoms with Crippen molar-refractivity contribution in [2.45, 2.75) is 25.1 Å². The molecule has 0 amide bonds. The number of carboxylic acids is 1. The Labute approximate surface area is 169 Å². The van der Waals surface area contributed by atoms with Gasteiger partial charge in [0.15, 0.2) is 11.6 Å². The molecule has 1 atom stereocenters. The van der Waals surface area contributed by atoms with Crippen LogP contribution in [0.5, 0.6) is 5.75 Å². The third-order valence-corrected chi connectivity index (χ3v) is 5.23. The summed E-state index contributed by atoms with van der Waals surface area (Å²) in [6.45, 7) is 1.33. The van der Waals surface area contributed by atoms with E-state index in [-0.39, 0.29) is 29.1 Å². The van der Waals surface area contributed by atoms with Gasteiger partial charge in [-0.05, 0) is 30.7 Å². The summed E-state index contributed by atoms with van der Waals surface area (Å²) in [5.41, 5.74) is -1.33. The maximum atomic E-state index is 14.1. The fourth-order valence-corrected chi connectivity index (χ4v) is 3.81. The largest absolute Gasteiger partial charge is 0.493 e. The number of alkyl halides is 4. The van der Waals surface area contributed by atoms with E-state index in [4.69, 9.17) is 16.3 Å². The van der Waals surface area contributed by atoms with Crippen molar-refractivity contribution < 1.29 is 32.2 Å². The topological polar surface area (TPSA) is 49.8 Å². The third kappa shape index (κ3) is 3.76. The first kappa shape index (κ1) is 21.0. The van der Waals surface area contributed by atoms with E-state index in [1.807, 2.05) is 0 Å². The molecule has 154 valence electrons. The molecule has 0 aliphatic carbocycles. The first-order chi connectivity index (χ1) is 13.6. The van der Waals surface area contributed by atoms with Crippen molar-refractivity contribution in [2.75, 3.05) is 12.0 Å². The van der Waals surface area contributed by atoms with Crippen LogP contribution in [0.25, 0.3) is 5.57 Å². The summed E-state index contributed by atoms with van der Waals surface area (Å²) in [6.07, 6.45) is -4.59. The van der Waals surface area contributed by atoms with E-state index in [0.29, 0.717) is 11.1 Å². The van der Waals surface area contributed by atoms with Crippen LogP contribution >= 0.6 is 11.6 Å². The van der Waals surface area contributed by atoms with Crippen LogP contribution in [0.1, 0.15) is 23.6 Å². The molecule has 0 bridgehead atoms. The van der Waals surface area contributed by atoms with Gasteiger partial charge in [0.1, 0.15) is 5.50 Å². The van der Waals surface area contributed by atoms with Gasteiger partial charge in [0.05, 0.1) is 18.2 Å². The molecule has 0 fully saturated rings. The molecule has 0 radical (unpaired) electrons. The molecule has 1 unspecified atom stereocenters. The molecule has 29 heavy (non-hydrogen) atoms. The van der Waals surface area contributed by atoms with Crippen molar-refractivity contribution in [2.24, 2.45) is 0 Å². The first-order valence-electron chi connectivity index (χ1n) is 8.44. The highest BCUT2D eigenvalue weighted by molar-refractivity contribution is 6.28. The molecule has 0 saturated carbocycles. The van der Waals surface area contributed by atoms with Gasteiger partial charge in [0, 0.05) is 23.4 Å². The van der Waals surface area contributed by atoms with Gasteiger partial charge < -0.3 is 14.7 Å². The number of rotatable bonds is 4. The van der Waals surface area contributed by atoms with Gasteiger partial charge in [-0.15, -0.1) is 0 Å². The predicted octanol–water partition coefficient (Wildman–Crippen LogP) is 5.30. The lowest BCUT2D eigenvalue weighted by Gasteiger charge is -2.37. The summed E-state index contributed by atoms with van der Waals surface area (Å²) in [6, 6.07) is 7.15. The van der Waals surface area contributed by atoms with E-state index in [2.05, 4.69) is 0 Å². The minimum atomic E-state index is -4.59. The Balaban J connectivity index is 2.20. The molecule has 2 aromatic rings. The summed E-state index contributed by atoms with van der Waals surface area (Å²) in [5, 5.41) is 9.58. The zero-order valence-corrected chi connectivity index (χ0v) is 16.1. The zero-order valence-electron chi connectivity index (χ0n) is 15.3. The predicted molar refractivity (Wildman–Crippen MR) is 100 cm³/mol. The fraction of sp³-hybridized carbons (Fsp3) is 0.250. The minimum Gasteiger partial charge on any atom is -0.493 e. The van der Waals surface area contributed by atoms with Crippen molar-refractivity contribution in [3.8, 4) is 5.75 Å². The van der Waals surface area contributed by atoms with E-state index in [1.165, 1.54) is 43.2 Å².